The maximum atomic E-state index is 12.3. The largest absolute Gasteiger partial charge is 0.341 e. The fourth-order valence-corrected chi connectivity index (χ4v) is 1.92. The first kappa shape index (κ1) is 13.3. The summed E-state index contributed by atoms with van der Waals surface area (Å²) in [5.74, 6) is 5.63. The average Bonchev–Trinajstić information content (AvgIpc) is 3.20. The van der Waals surface area contributed by atoms with E-state index in [4.69, 9.17) is 5.84 Å². The van der Waals surface area contributed by atoms with Gasteiger partial charge >= 0.3 is 0 Å². The Bertz CT molecular complexity index is 514. The van der Waals surface area contributed by atoms with Crippen LogP contribution in [-0.4, -0.2) is 29.3 Å². The predicted molar refractivity (Wildman–Crippen MR) is 70.6 cm³/mol. The number of rotatable bonds is 5. The number of nitro groups is 1. The van der Waals surface area contributed by atoms with E-state index in [1.807, 2.05) is 0 Å². The maximum absolute atomic E-state index is 12.3. The molecule has 0 aliphatic heterocycles. The Morgan fingerprint density at radius 1 is 1.58 bits per heavy atom. The summed E-state index contributed by atoms with van der Waals surface area (Å²) >= 11 is 0. The number of hydrogen-bond donors (Lipinski definition) is 2. The topological polar surface area (TPSA) is 102 Å². The first-order valence-corrected chi connectivity index (χ1v) is 6.03. The number of nitrogens with zero attached hydrogens (tertiary/aromatic N) is 2. The smallest absolute Gasteiger partial charge is 0.270 e. The van der Waals surface area contributed by atoms with Gasteiger partial charge in [0.25, 0.3) is 11.6 Å². The van der Waals surface area contributed by atoms with Gasteiger partial charge in [0.1, 0.15) is 0 Å². The zero-order valence-electron chi connectivity index (χ0n) is 10.6. The normalized spacial score (nSPS) is 14.0. The molecule has 0 atom stereocenters. The molecular formula is C12H16N4O3. The van der Waals surface area contributed by atoms with Crippen molar-refractivity contribution in [3.63, 3.8) is 0 Å². The molecule has 1 aliphatic carbocycles. The van der Waals surface area contributed by atoms with E-state index in [2.05, 4.69) is 5.43 Å². The van der Waals surface area contributed by atoms with Gasteiger partial charge in [0, 0.05) is 25.7 Å². The molecule has 0 unspecified atom stereocenters. The Morgan fingerprint density at radius 3 is 2.79 bits per heavy atom. The summed E-state index contributed by atoms with van der Waals surface area (Å²) in [6, 6.07) is 4.00. The van der Waals surface area contributed by atoms with Crippen LogP contribution in [0.1, 0.15) is 23.2 Å². The molecule has 0 radical (unpaired) electrons. The van der Waals surface area contributed by atoms with Crippen molar-refractivity contribution >= 4 is 17.3 Å². The highest BCUT2D eigenvalue weighted by Crippen LogP contribution is 2.30. The van der Waals surface area contributed by atoms with Crippen molar-refractivity contribution in [2.45, 2.75) is 12.8 Å². The van der Waals surface area contributed by atoms with Crippen molar-refractivity contribution in [3.8, 4) is 0 Å². The minimum absolute atomic E-state index is 0.123. The number of hydrogen-bond acceptors (Lipinski definition) is 5. The van der Waals surface area contributed by atoms with Gasteiger partial charge in [-0.25, -0.2) is 0 Å². The van der Waals surface area contributed by atoms with E-state index in [1.165, 1.54) is 18.2 Å². The number of nitrogens with one attached hydrogen (secondary N) is 1. The van der Waals surface area contributed by atoms with Crippen LogP contribution in [0.25, 0.3) is 0 Å². The molecule has 1 fully saturated rings. The van der Waals surface area contributed by atoms with Gasteiger partial charge in [-0.1, -0.05) is 0 Å². The second-order valence-electron chi connectivity index (χ2n) is 4.76. The van der Waals surface area contributed by atoms with E-state index in [-0.39, 0.29) is 17.2 Å². The molecule has 0 spiro atoms. The molecule has 2 rings (SSSR count). The first-order chi connectivity index (χ1) is 9.02. The van der Waals surface area contributed by atoms with Crippen LogP contribution in [0.3, 0.4) is 0 Å². The third-order valence-corrected chi connectivity index (χ3v) is 3.18. The number of nitrogens with two attached hydrogens (primary N) is 1. The molecule has 0 heterocycles. The van der Waals surface area contributed by atoms with Crippen molar-refractivity contribution in [1.82, 2.24) is 4.90 Å². The number of nitrogen functional groups attached to an aromatic ring is 1. The first-order valence-electron chi connectivity index (χ1n) is 6.03. The van der Waals surface area contributed by atoms with Crippen molar-refractivity contribution in [1.29, 1.82) is 0 Å². The minimum Gasteiger partial charge on any atom is -0.341 e. The molecule has 102 valence electrons. The Morgan fingerprint density at radius 2 is 2.26 bits per heavy atom. The number of anilines is 1. The van der Waals surface area contributed by atoms with E-state index in [0.717, 1.165) is 12.8 Å². The third kappa shape index (κ3) is 3.00. The van der Waals surface area contributed by atoms with Crippen molar-refractivity contribution in [2.24, 2.45) is 11.8 Å². The van der Waals surface area contributed by atoms with E-state index >= 15 is 0 Å². The van der Waals surface area contributed by atoms with Gasteiger partial charge in [-0.05, 0) is 24.8 Å². The van der Waals surface area contributed by atoms with Crippen LogP contribution in [0.2, 0.25) is 0 Å². The van der Waals surface area contributed by atoms with Gasteiger partial charge in [-0.3, -0.25) is 20.8 Å². The van der Waals surface area contributed by atoms with Gasteiger partial charge in [0.2, 0.25) is 0 Å². The lowest BCUT2D eigenvalue weighted by molar-refractivity contribution is -0.384. The summed E-state index contributed by atoms with van der Waals surface area (Å²) in [5, 5.41) is 10.8. The van der Waals surface area contributed by atoms with Crippen LogP contribution < -0.4 is 11.3 Å². The molecule has 1 aromatic rings. The second-order valence-corrected chi connectivity index (χ2v) is 4.76. The number of benzene rings is 1. The van der Waals surface area contributed by atoms with E-state index < -0.39 is 4.92 Å². The second kappa shape index (κ2) is 5.23. The third-order valence-electron chi connectivity index (χ3n) is 3.18. The van der Waals surface area contributed by atoms with Crippen LogP contribution >= 0.6 is 0 Å². The van der Waals surface area contributed by atoms with Crippen molar-refractivity contribution < 1.29 is 9.72 Å². The standard InChI is InChI=1S/C12H16N4O3/c1-15(7-8-2-3-8)12(17)10-6-9(16(18)19)4-5-11(10)14-13/h4-6,8,14H,2-3,7,13H2,1H3. The summed E-state index contributed by atoms with van der Waals surface area (Å²) < 4.78 is 0. The summed E-state index contributed by atoms with van der Waals surface area (Å²) in [7, 11) is 1.69. The number of amides is 1. The minimum atomic E-state index is -0.530. The predicted octanol–water partition coefficient (Wildman–Crippen LogP) is 1.36. The molecular weight excluding hydrogens is 248 g/mol. The molecule has 1 amide bonds. The molecule has 0 saturated heterocycles. The molecule has 1 aromatic carbocycles. The highest BCUT2D eigenvalue weighted by molar-refractivity contribution is 6.00. The van der Waals surface area contributed by atoms with Gasteiger partial charge in [0.15, 0.2) is 0 Å². The van der Waals surface area contributed by atoms with Crippen LogP contribution in [-0.2, 0) is 0 Å². The van der Waals surface area contributed by atoms with E-state index in [0.29, 0.717) is 18.2 Å². The Kier molecular flexibility index (Phi) is 3.66. The number of nitro benzene ring substituents is 1. The number of carbonyl (C=O) groups is 1. The number of carbonyl (C=O) groups excluding carboxylic acids is 1. The van der Waals surface area contributed by atoms with Gasteiger partial charge in [-0.2, -0.15) is 0 Å². The van der Waals surface area contributed by atoms with E-state index in [1.54, 1.807) is 11.9 Å². The number of non-ortho nitro benzene ring substituents is 1. The molecule has 1 saturated carbocycles. The van der Waals surface area contributed by atoms with Crippen LogP contribution in [0.5, 0.6) is 0 Å². The lowest BCUT2D eigenvalue weighted by Gasteiger charge is -2.18. The van der Waals surface area contributed by atoms with Crippen LogP contribution in [0, 0.1) is 16.0 Å². The fraction of sp³-hybridized carbons (Fsp3) is 0.417. The van der Waals surface area contributed by atoms with Gasteiger partial charge in [-0.15, -0.1) is 0 Å². The quantitative estimate of drug-likeness (QED) is 0.475. The molecule has 1 aliphatic rings. The number of hydrazine groups is 1. The maximum Gasteiger partial charge on any atom is 0.270 e. The fourth-order valence-electron chi connectivity index (χ4n) is 1.92. The summed E-state index contributed by atoms with van der Waals surface area (Å²) in [6.07, 6.45) is 2.27. The summed E-state index contributed by atoms with van der Waals surface area (Å²) in [4.78, 5) is 24.1. The molecule has 3 N–H and O–H groups in total. The van der Waals surface area contributed by atoms with Crippen molar-refractivity contribution in [2.75, 3.05) is 19.0 Å². The van der Waals surface area contributed by atoms with Crippen LogP contribution in [0.4, 0.5) is 11.4 Å². The lowest BCUT2D eigenvalue weighted by atomic mass is 10.1. The molecule has 0 bridgehead atoms. The van der Waals surface area contributed by atoms with Crippen molar-refractivity contribution in [3.05, 3.63) is 33.9 Å². The Labute approximate surface area is 110 Å². The molecule has 19 heavy (non-hydrogen) atoms. The summed E-state index contributed by atoms with van der Waals surface area (Å²) in [6.45, 7) is 0.672. The molecule has 7 nitrogen and oxygen atoms in total. The lowest BCUT2D eigenvalue weighted by Crippen LogP contribution is -2.30. The zero-order valence-corrected chi connectivity index (χ0v) is 10.6. The monoisotopic (exact) mass is 264 g/mol. The van der Waals surface area contributed by atoms with Gasteiger partial charge < -0.3 is 10.3 Å². The van der Waals surface area contributed by atoms with Gasteiger partial charge in [0.05, 0.1) is 16.2 Å². The zero-order chi connectivity index (χ0) is 14.0. The van der Waals surface area contributed by atoms with E-state index in [9.17, 15) is 14.9 Å². The van der Waals surface area contributed by atoms with Crippen LogP contribution in [0.15, 0.2) is 18.2 Å². The summed E-state index contributed by atoms with van der Waals surface area (Å²) in [5.41, 5.74) is 2.88. The molecule has 0 aromatic heterocycles. The average molecular weight is 264 g/mol. The Balaban J connectivity index is 2.26. The Hall–Kier alpha value is -2.15. The highest BCUT2D eigenvalue weighted by atomic mass is 16.6. The highest BCUT2D eigenvalue weighted by Gasteiger charge is 2.26. The molecule has 7 heteroatoms. The SMILES string of the molecule is CN(CC1CC1)C(=O)c1cc([N+](=O)[O-])ccc1NN.